The molecule has 3 aromatic rings. The Kier molecular flexibility index (Phi) is 5.75. The van der Waals surface area contributed by atoms with E-state index in [1.54, 1.807) is 12.1 Å². The molecule has 3 nitrogen and oxygen atoms in total. The molecule has 0 amide bonds. The molecule has 0 atom stereocenters. The van der Waals surface area contributed by atoms with Gasteiger partial charge in [0.15, 0.2) is 5.76 Å². The normalized spacial score (nSPS) is 14.2. The minimum Gasteiger partial charge on any atom is -0.489 e. The summed E-state index contributed by atoms with van der Waals surface area (Å²) in [6.45, 7) is 12.7. The van der Waals surface area contributed by atoms with Gasteiger partial charge in [-0.05, 0) is 52.3 Å². The van der Waals surface area contributed by atoms with E-state index >= 15 is 0 Å². The minimum atomic E-state index is -0.0936. The highest BCUT2D eigenvalue weighted by Crippen LogP contribution is 2.38. The zero-order valence-corrected chi connectivity index (χ0v) is 19.1. The Morgan fingerprint density at radius 2 is 1.62 bits per heavy atom. The number of allylic oxidation sites excluding steroid dienone is 1. The number of fused-ring (bicyclic) bond motifs is 1. The molecule has 0 aliphatic carbocycles. The predicted molar refractivity (Wildman–Crippen MR) is 130 cm³/mol. The van der Waals surface area contributed by atoms with Crippen molar-refractivity contribution >= 4 is 17.9 Å². The first-order valence-electron chi connectivity index (χ1n) is 10.8. The Hall–Kier alpha value is -3.59. The number of rotatable bonds is 5. The molecule has 0 saturated heterocycles. The lowest BCUT2D eigenvalue weighted by atomic mass is 9.86. The molecule has 1 heterocycles. The first kappa shape index (κ1) is 21.6. The number of ketones is 1. The summed E-state index contributed by atoms with van der Waals surface area (Å²) in [5.41, 5.74) is 5.85. The van der Waals surface area contributed by atoms with Crippen LogP contribution in [0.4, 0.5) is 0 Å². The van der Waals surface area contributed by atoms with Crippen LogP contribution in [0.2, 0.25) is 0 Å². The second kappa shape index (κ2) is 8.51. The molecular formula is C29H28O3. The summed E-state index contributed by atoms with van der Waals surface area (Å²) in [7, 11) is 0. The van der Waals surface area contributed by atoms with Gasteiger partial charge in [0.05, 0.1) is 5.56 Å². The Labute approximate surface area is 190 Å². The van der Waals surface area contributed by atoms with Crippen molar-refractivity contribution in [2.75, 3.05) is 0 Å². The zero-order valence-electron chi connectivity index (χ0n) is 19.1. The number of ether oxygens (including phenoxy) is 2. The molecular weight excluding hydrogens is 396 g/mol. The van der Waals surface area contributed by atoms with Gasteiger partial charge in [-0.1, -0.05) is 82.0 Å². The van der Waals surface area contributed by atoms with Crippen LogP contribution in [0, 0.1) is 6.92 Å². The molecule has 0 radical (unpaired) electrons. The van der Waals surface area contributed by atoms with Crippen LogP contribution in [-0.2, 0) is 12.0 Å². The first-order valence-corrected chi connectivity index (χ1v) is 10.8. The third-order valence-corrected chi connectivity index (χ3v) is 5.64. The minimum absolute atomic E-state index is 0.0861. The van der Waals surface area contributed by atoms with Crippen molar-refractivity contribution in [3.63, 3.8) is 0 Å². The second-order valence-electron chi connectivity index (χ2n) is 9.16. The summed E-state index contributed by atoms with van der Waals surface area (Å²) in [4.78, 5) is 13.0. The quantitative estimate of drug-likeness (QED) is 0.409. The highest BCUT2D eigenvalue weighted by atomic mass is 16.5. The van der Waals surface area contributed by atoms with Crippen molar-refractivity contribution in [1.82, 2.24) is 0 Å². The second-order valence-corrected chi connectivity index (χ2v) is 9.16. The number of hydrogen-bond donors (Lipinski definition) is 0. The smallest absolute Gasteiger partial charge is 0.232 e. The number of aryl methyl sites for hydroxylation is 1. The van der Waals surface area contributed by atoms with E-state index in [-0.39, 0.29) is 11.2 Å². The van der Waals surface area contributed by atoms with Crippen LogP contribution in [0.15, 0.2) is 73.0 Å². The zero-order chi connectivity index (χ0) is 22.9. The number of carbonyl (C=O) groups excluding carboxylic acids is 1. The molecule has 3 aromatic carbocycles. The summed E-state index contributed by atoms with van der Waals surface area (Å²) in [5.74, 6) is 1.47. The lowest BCUT2D eigenvalue weighted by Crippen LogP contribution is -2.10. The van der Waals surface area contributed by atoms with Crippen LogP contribution in [0.1, 0.15) is 58.9 Å². The van der Waals surface area contributed by atoms with Gasteiger partial charge in [-0.25, -0.2) is 0 Å². The van der Waals surface area contributed by atoms with Gasteiger partial charge >= 0.3 is 0 Å². The van der Waals surface area contributed by atoms with Crippen molar-refractivity contribution in [3.05, 3.63) is 106 Å². The SMILES string of the molecule is C=Cc1ccc(COc2cc(C)c3c(c2)O/C(=C\c2ccc(C(C)(C)C)cc2)C3=O)cc1. The fraction of sp³-hybridized carbons (Fsp3) is 0.207. The van der Waals surface area contributed by atoms with E-state index in [1.165, 1.54) is 5.56 Å². The molecule has 0 saturated carbocycles. The van der Waals surface area contributed by atoms with E-state index in [9.17, 15) is 4.79 Å². The van der Waals surface area contributed by atoms with Gasteiger partial charge in [0.2, 0.25) is 5.78 Å². The van der Waals surface area contributed by atoms with E-state index < -0.39 is 0 Å². The maximum Gasteiger partial charge on any atom is 0.232 e. The summed E-state index contributed by atoms with van der Waals surface area (Å²) < 4.78 is 11.9. The van der Waals surface area contributed by atoms with Crippen LogP contribution in [-0.4, -0.2) is 5.78 Å². The highest BCUT2D eigenvalue weighted by molar-refractivity contribution is 6.15. The van der Waals surface area contributed by atoms with Crippen molar-refractivity contribution in [1.29, 1.82) is 0 Å². The van der Waals surface area contributed by atoms with E-state index in [1.807, 2.05) is 55.5 Å². The van der Waals surface area contributed by atoms with Gasteiger partial charge in [0, 0.05) is 6.07 Å². The van der Waals surface area contributed by atoms with E-state index in [0.29, 0.717) is 29.4 Å². The maximum absolute atomic E-state index is 13.0. The molecule has 4 rings (SSSR count). The fourth-order valence-electron chi connectivity index (χ4n) is 3.71. The number of Topliss-reactive ketones (excluding diaryl/α,β-unsaturated/α-hetero) is 1. The maximum atomic E-state index is 13.0. The van der Waals surface area contributed by atoms with Crippen molar-refractivity contribution in [2.45, 2.75) is 39.7 Å². The van der Waals surface area contributed by atoms with Gasteiger partial charge in [-0.15, -0.1) is 0 Å². The van der Waals surface area contributed by atoms with Crippen LogP contribution >= 0.6 is 0 Å². The van der Waals surface area contributed by atoms with Crippen molar-refractivity contribution in [2.24, 2.45) is 0 Å². The number of hydrogen-bond acceptors (Lipinski definition) is 3. The number of benzene rings is 3. The molecule has 0 N–H and O–H groups in total. The topological polar surface area (TPSA) is 35.5 Å². The Balaban J connectivity index is 1.52. The van der Waals surface area contributed by atoms with E-state index in [4.69, 9.17) is 9.47 Å². The fourth-order valence-corrected chi connectivity index (χ4v) is 3.71. The third kappa shape index (κ3) is 4.52. The molecule has 162 valence electrons. The Morgan fingerprint density at radius 3 is 2.25 bits per heavy atom. The average molecular weight is 425 g/mol. The van der Waals surface area contributed by atoms with Gasteiger partial charge in [0.1, 0.15) is 18.1 Å². The number of carbonyl (C=O) groups is 1. The molecule has 0 aromatic heterocycles. The monoisotopic (exact) mass is 424 g/mol. The van der Waals surface area contributed by atoms with Crippen LogP contribution in [0.25, 0.3) is 12.2 Å². The van der Waals surface area contributed by atoms with Crippen LogP contribution < -0.4 is 9.47 Å². The van der Waals surface area contributed by atoms with E-state index in [2.05, 4.69) is 39.5 Å². The molecule has 1 aliphatic rings. The largest absolute Gasteiger partial charge is 0.489 e. The molecule has 3 heteroatoms. The van der Waals surface area contributed by atoms with Gasteiger partial charge in [0.25, 0.3) is 0 Å². The lowest BCUT2D eigenvalue weighted by molar-refractivity contribution is 0.101. The first-order chi connectivity index (χ1) is 15.2. The predicted octanol–water partition coefficient (Wildman–Crippen LogP) is 7.13. The lowest BCUT2D eigenvalue weighted by Gasteiger charge is -2.18. The molecule has 0 fully saturated rings. The van der Waals surface area contributed by atoms with Gasteiger partial charge in [-0.2, -0.15) is 0 Å². The summed E-state index contributed by atoms with van der Waals surface area (Å²) >= 11 is 0. The van der Waals surface area contributed by atoms with E-state index in [0.717, 1.165) is 22.3 Å². The summed E-state index contributed by atoms with van der Waals surface area (Å²) in [6.07, 6.45) is 3.61. The summed E-state index contributed by atoms with van der Waals surface area (Å²) in [5, 5.41) is 0. The van der Waals surface area contributed by atoms with Gasteiger partial charge in [-0.3, -0.25) is 4.79 Å². The average Bonchev–Trinajstić information content (AvgIpc) is 3.08. The molecule has 0 unspecified atom stereocenters. The molecule has 0 spiro atoms. The standard InChI is InChI=1S/C29H28O3/c1-6-20-7-9-22(10-8-20)18-31-24-15-19(2)27-25(17-24)32-26(28(27)30)16-21-11-13-23(14-12-21)29(3,4)5/h6-17H,1,18H2,2-5H3/b26-16-. The van der Waals surface area contributed by atoms with Crippen molar-refractivity contribution in [3.8, 4) is 11.5 Å². The highest BCUT2D eigenvalue weighted by Gasteiger charge is 2.30. The van der Waals surface area contributed by atoms with Crippen LogP contribution in [0.3, 0.4) is 0 Å². The molecule has 0 bridgehead atoms. The third-order valence-electron chi connectivity index (χ3n) is 5.64. The van der Waals surface area contributed by atoms with Crippen molar-refractivity contribution < 1.29 is 14.3 Å². The molecule has 1 aliphatic heterocycles. The van der Waals surface area contributed by atoms with Crippen LogP contribution in [0.5, 0.6) is 11.5 Å². The Bertz CT molecular complexity index is 1190. The summed E-state index contributed by atoms with van der Waals surface area (Å²) in [6, 6.07) is 20.0. The Morgan fingerprint density at radius 1 is 0.969 bits per heavy atom. The molecule has 32 heavy (non-hydrogen) atoms. The van der Waals surface area contributed by atoms with Gasteiger partial charge < -0.3 is 9.47 Å².